The summed E-state index contributed by atoms with van der Waals surface area (Å²) in [4.78, 5) is 4.23. The molecule has 0 radical (unpaired) electrons. The van der Waals surface area contributed by atoms with Gasteiger partial charge in [-0.3, -0.25) is 0 Å². The number of benzene rings is 2. The topological polar surface area (TPSA) is 17.8 Å². The first kappa shape index (κ1) is 15.8. The van der Waals surface area contributed by atoms with E-state index in [9.17, 15) is 0 Å². The van der Waals surface area contributed by atoms with Crippen molar-refractivity contribution in [1.82, 2.24) is 9.55 Å². The number of rotatable bonds is 4. The van der Waals surface area contributed by atoms with Crippen LogP contribution in [0.2, 0.25) is 5.02 Å². The predicted molar refractivity (Wildman–Crippen MR) is 102 cm³/mol. The van der Waals surface area contributed by atoms with E-state index in [1.165, 1.54) is 16.7 Å². The van der Waals surface area contributed by atoms with Crippen LogP contribution in [0.25, 0.3) is 0 Å². The molecule has 2 aromatic carbocycles. The fraction of sp³-hybridized carbons (Fsp3) is 0.250. The van der Waals surface area contributed by atoms with E-state index in [1.54, 1.807) is 0 Å². The molecule has 1 aromatic heterocycles. The van der Waals surface area contributed by atoms with Crippen molar-refractivity contribution in [1.29, 1.82) is 0 Å². The van der Waals surface area contributed by atoms with Crippen molar-refractivity contribution in [2.75, 3.05) is 5.75 Å². The van der Waals surface area contributed by atoms with Gasteiger partial charge in [0.1, 0.15) is 0 Å². The Labute approximate surface area is 151 Å². The molecule has 122 valence electrons. The maximum absolute atomic E-state index is 6.07. The minimum atomic E-state index is 0.0311. The van der Waals surface area contributed by atoms with Gasteiger partial charge in [-0.05, 0) is 47.4 Å². The zero-order valence-corrected chi connectivity index (χ0v) is 14.9. The summed E-state index contributed by atoms with van der Waals surface area (Å²) in [6, 6.07) is 17.2. The van der Waals surface area contributed by atoms with Gasteiger partial charge in [-0.15, -0.1) is 11.8 Å². The Bertz CT molecular complexity index is 814. The average Bonchev–Trinajstić information content (AvgIpc) is 3.10. The number of aromatic nitrogens is 2. The lowest BCUT2D eigenvalue weighted by atomic mass is 9.86. The van der Waals surface area contributed by atoms with Crippen LogP contribution in [0.1, 0.15) is 16.7 Å². The molecule has 2 nitrogen and oxygen atoms in total. The monoisotopic (exact) mass is 354 g/mol. The van der Waals surface area contributed by atoms with Crippen LogP contribution in [-0.4, -0.2) is 15.3 Å². The highest BCUT2D eigenvalue weighted by atomic mass is 35.5. The minimum absolute atomic E-state index is 0.0311. The Kier molecular flexibility index (Phi) is 4.38. The quantitative estimate of drug-likeness (QED) is 0.658. The van der Waals surface area contributed by atoms with E-state index in [4.69, 9.17) is 11.6 Å². The normalized spacial score (nSPS) is 19.9. The molecule has 1 atom stereocenters. The Morgan fingerprint density at radius 3 is 2.75 bits per heavy atom. The summed E-state index contributed by atoms with van der Waals surface area (Å²) in [6.45, 7) is 0.928. The standard InChI is InChI=1S/C20H19ClN2S/c21-18-7-5-16(6-8-18)13-20(14-23-11-10-22-15-23)19-4-2-1-3-17(19)9-12-24-20/h1-8,10-11,15H,9,12-14H2. The van der Waals surface area contributed by atoms with Gasteiger partial charge in [-0.25, -0.2) is 4.98 Å². The lowest BCUT2D eigenvalue weighted by molar-refractivity contribution is 0.500. The van der Waals surface area contributed by atoms with Gasteiger partial charge in [0.05, 0.1) is 11.1 Å². The number of fused-ring (bicyclic) bond motifs is 1. The van der Waals surface area contributed by atoms with Gasteiger partial charge >= 0.3 is 0 Å². The molecule has 0 spiro atoms. The van der Waals surface area contributed by atoms with Crippen molar-refractivity contribution in [3.8, 4) is 0 Å². The van der Waals surface area contributed by atoms with Gasteiger partial charge in [0.2, 0.25) is 0 Å². The Morgan fingerprint density at radius 1 is 1.12 bits per heavy atom. The summed E-state index contributed by atoms with van der Waals surface area (Å²) in [6.07, 6.45) is 7.97. The van der Waals surface area contributed by atoms with Gasteiger partial charge in [0, 0.05) is 24.0 Å². The van der Waals surface area contributed by atoms with Crippen molar-refractivity contribution >= 4 is 23.4 Å². The van der Waals surface area contributed by atoms with Gasteiger partial charge in [0.25, 0.3) is 0 Å². The van der Waals surface area contributed by atoms with Gasteiger partial charge in [-0.2, -0.15) is 0 Å². The molecule has 0 amide bonds. The number of aryl methyl sites for hydroxylation is 1. The Hall–Kier alpha value is -1.71. The molecule has 24 heavy (non-hydrogen) atoms. The minimum Gasteiger partial charge on any atom is -0.336 e. The van der Waals surface area contributed by atoms with Crippen LogP contribution in [-0.2, 0) is 24.1 Å². The zero-order valence-electron chi connectivity index (χ0n) is 13.4. The molecule has 3 aromatic rings. The van der Waals surface area contributed by atoms with Gasteiger partial charge < -0.3 is 4.57 Å². The second-order valence-corrected chi connectivity index (χ2v) is 8.20. The maximum atomic E-state index is 6.07. The molecule has 4 heteroatoms. The highest BCUT2D eigenvalue weighted by Crippen LogP contribution is 2.46. The lowest BCUT2D eigenvalue weighted by Crippen LogP contribution is -2.35. The van der Waals surface area contributed by atoms with Crippen LogP contribution in [0.5, 0.6) is 0 Å². The Morgan fingerprint density at radius 2 is 1.96 bits per heavy atom. The van der Waals surface area contributed by atoms with Crippen molar-refractivity contribution < 1.29 is 0 Å². The number of nitrogens with zero attached hydrogens (tertiary/aromatic N) is 2. The van der Waals surface area contributed by atoms with Crippen molar-refractivity contribution in [2.45, 2.75) is 24.1 Å². The summed E-state index contributed by atoms with van der Waals surface area (Å²) in [5.41, 5.74) is 4.26. The number of halogens is 1. The van der Waals surface area contributed by atoms with Crippen LogP contribution in [0.15, 0.2) is 67.3 Å². The molecule has 1 aliphatic rings. The van der Waals surface area contributed by atoms with E-state index in [2.05, 4.69) is 63.9 Å². The van der Waals surface area contributed by atoms with Crippen LogP contribution < -0.4 is 0 Å². The third-order valence-corrected chi connectivity index (χ3v) is 6.36. The summed E-state index contributed by atoms with van der Waals surface area (Å²) in [5, 5.41) is 0.791. The number of thioether (sulfide) groups is 1. The number of imidazole rings is 1. The Balaban J connectivity index is 1.77. The summed E-state index contributed by atoms with van der Waals surface area (Å²) < 4.78 is 2.23. The van der Waals surface area contributed by atoms with Gasteiger partial charge in [-0.1, -0.05) is 48.0 Å². The van der Waals surface area contributed by atoms with E-state index in [0.29, 0.717) is 0 Å². The molecular formula is C20H19ClN2S. The van der Waals surface area contributed by atoms with Crippen molar-refractivity contribution in [3.05, 3.63) is 89.0 Å². The molecule has 1 aliphatic heterocycles. The maximum Gasteiger partial charge on any atom is 0.0946 e. The van der Waals surface area contributed by atoms with E-state index in [1.807, 2.05) is 24.7 Å². The van der Waals surface area contributed by atoms with Gasteiger partial charge in [0.15, 0.2) is 0 Å². The fourth-order valence-corrected chi connectivity index (χ4v) is 5.26. The third-order valence-electron chi connectivity index (χ3n) is 4.66. The molecule has 0 aliphatic carbocycles. The van der Waals surface area contributed by atoms with Crippen molar-refractivity contribution in [3.63, 3.8) is 0 Å². The molecule has 2 heterocycles. The summed E-state index contributed by atoms with van der Waals surface area (Å²) in [5.74, 6) is 1.15. The number of hydrogen-bond acceptors (Lipinski definition) is 2. The lowest BCUT2D eigenvalue weighted by Gasteiger charge is -2.39. The smallest absolute Gasteiger partial charge is 0.0946 e. The number of hydrogen-bond donors (Lipinski definition) is 0. The van der Waals surface area contributed by atoms with E-state index in [0.717, 1.165) is 30.2 Å². The highest BCUT2D eigenvalue weighted by Gasteiger charge is 2.37. The SMILES string of the molecule is Clc1ccc(CC2(Cn3ccnc3)SCCc3ccccc32)cc1. The first-order chi connectivity index (χ1) is 11.8. The molecule has 0 bridgehead atoms. The molecule has 1 unspecified atom stereocenters. The summed E-state index contributed by atoms with van der Waals surface area (Å²) >= 11 is 8.14. The van der Waals surface area contributed by atoms with E-state index >= 15 is 0 Å². The fourth-order valence-electron chi connectivity index (χ4n) is 3.56. The molecule has 0 saturated heterocycles. The molecular weight excluding hydrogens is 336 g/mol. The van der Waals surface area contributed by atoms with E-state index in [-0.39, 0.29) is 4.75 Å². The zero-order chi connectivity index (χ0) is 16.4. The molecule has 4 rings (SSSR count). The van der Waals surface area contributed by atoms with Crippen LogP contribution in [0.3, 0.4) is 0 Å². The predicted octanol–water partition coefficient (Wildman–Crippen LogP) is 4.96. The average molecular weight is 355 g/mol. The first-order valence-corrected chi connectivity index (χ1v) is 9.54. The largest absolute Gasteiger partial charge is 0.336 e. The van der Waals surface area contributed by atoms with Crippen LogP contribution in [0.4, 0.5) is 0 Å². The second kappa shape index (κ2) is 6.66. The first-order valence-electron chi connectivity index (χ1n) is 8.18. The second-order valence-electron chi connectivity index (χ2n) is 6.29. The summed E-state index contributed by atoms with van der Waals surface area (Å²) in [7, 11) is 0. The third kappa shape index (κ3) is 3.11. The van der Waals surface area contributed by atoms with Crippen LogP contribution in [0, 0.1) is 0 Å². The molecule has 0 N–H and O–H groups in total. The molecule has 0 saturated carbocycles. The van der Waals surface area contributed by atoms with Crippen molar-refractivity contribution in [2.24, 2.45) is 0 Å². The molecule has 0 fully saturated rings. The van der Waals surface area contributed by atoms with E-state index < -0.39 is 0 Å². The van der Waals surface area contributed by atoms with Crippen LogP contribution >= 0.6 is 23.4 Å². The highest BCUT2D eigenvalue weighted by molar-refractivity contribution is 8.00.